The molecule has 0 saturated carbocycles. The maximum absolute atomic E-state index is 12.7. The molecule has 2 fully saturated rings. The van der Waals surface area contributed by atoms with Crippen LogP contribution in [0.5, 0.6) is 0 Å². The number of carbonyl (C=O) groups is 1. The van der Waals surface area contributed by atoms with Crippen molar-refractivity contribution in [2.45, 2.75) is 12.1 Å². The van der Waals surface area contributed by atoms with Crippen LogP contribution in [0, 0.1) is 0 Å². The normalized spacial score (nSPS) is 22.4. The summed E-state index contributed by atoms with van der Waals surface area (Å²) < 4.78 is 0. The lowest BCUT2D eigenvalue weighted by molar-refractivity contribution is 0.0376. The van der Waals surface area contributed by atoms with Gasteiger partial charge in [0.05, 0.1) is 18.5 Å². The van der Waals surface area contributed by atoms with Crippen molar-refractivity contribution in [1.82, 2.24) is 29.7 Å². The van der Waals surface area contributed by atoms with Crippen molar-refractivity contribution in [3.05, 3.63) is 41.2 Å². The van der Waals surface area contributed by atoms with Gasteiger partial charge in [-0.25, -0.2) is 4.98 Å². The van der Waals surface area contributed by atoms with E-state index in [0.29, 0.717) is 66.8 Å². The standard InChI is InChI=1S/C20H23ClN8O2/c21-13-3-1-12(2-4-13)19(31)28-7-5-27(6-8-28)14-9-29(10-15(14)30)18-16-17(24-11-23-16)25-20(22)26-18/h1-4,11,14-15,30H,5-10H2,(H3,22,23,24,25,26). The van der Waals surface area contributed by atoms with Crippen molar-refractivity contribution in [3.8, 4) is 0 Å². The van der Waals surface area contributed by atoms with Gasteiger partial charge in [-0.3, -0.25) is 9.69 Å². The molecule has 1 aromatic carbocycles. The molecule has 10 nitrogen and oxygen atoms in total. The number of nitrogens with two attached hydrogens (primary N) is 1. The molecule has 2 atom stereocenters. The number of nitrogens with one attached hydrogen (secondary N) is 1. The van der Waals surface area contributed by atoms with Crippen LogP contribution in [0.1, 0.15) is 10.4 Å². The third-order valence-corrected chi connectivity index (χ3v) is 6.25. The van der Waals surface area contributed by atoms with E-state index in [1.165, 1.54) is 0 Å². The van der Waals surface area contributed by atoms with Crippen LogP contribution in [0.15, 0.2) is 30.6 Å². The summed E-state index contributed by atoms with van der Waals surface area (Å²) >= 11 is 5.92. The summed E-state index contributed by atoms with van der Waals surface area (Å²) in [4.78, 5) is 34.6. The highest BCUT2D eigenvalue weighted by molar-refractivity contribution is 6.30. The summed E-state index contributed by atoms with van der Waals surface area (Å²) in [5.41, 5.74) is 7.70. The maximum atomic E-state index is 12.7. The Morgan fingerprint density at radius 3 is 2.61 bits per heavy atom. The number of benzene rings is 1. The number of H-pyrrole nitrogens is 1. The van der Waals surface area contributed by atoms with Gasteiger partial charge in [-0.2, -0.15) is 9.97 Å². The van der Waals surface area contributed by atoms with Crippen LogP contribution in [-0.4, -0.2) is 92.2 Å². The molecule has 31 heavy (non-hydrogen) atoms. The highest BCUT2D eigenvalue weighted by Gasteiger charge is 2.38. The number of rotatable bonds is 3. The molecule has 0 bridgehead atoms. The summed E-state index contributed by atoms with van der Waals surface area (Å²) in [6.07, 6.45) is 1.02. The number of hydrogen-bond acceptors (Lipinski definition) is 8. The van der Waals surface area contributed by atoms with Crippen LogP contribution >= 0.6 is 11.6 Å². The second kappa shape index (κ2) is 7.95. The molecule has 4 N–H and O–H groups in total. The smallest absolute Gasteiger partial charge is 0.253 e. The van der Waals surface area contributed by atoms with Crippen LogP contribution < -0.4 is 10.6 Å². The van der Waals surface area contributed by atoms with E-state index in [1.807, 2.05) is 9.80 Å². The number of carbonyl (C=O) groups excluding carboxylic acids is 1. The molecule has 0 spiro atoms. The summed E-state index contributed by atoms with van der Waals surface area (Å²) in [6.45, 7) is 3.64. The number of halogens is 1. The second-order valence-electron chi connectivity index (χ2n) is 7.88. The number of imidazole rings is 1. The van der Waals surface area contributed by atoms with E-state index in [1.54, 1.807) is 30.6 Å². The van der Waals surface area contributed by atoms with Crippen LogP contribution in [0.25, 0.3) is 11.2 Å². The Morgan fingerprint density at radius 1 is 1.13 bits per heavy atom. The molecular weight excluding hydrogens is 420 g/mol. The quantitative estimate of drug-likeness (QED) is 0.538. The van der Waals surface area contributed by atoms with E-state index in [4.69, 9.17) is 17.3 Å². The molecule has 2 aliphatic rings. The van der Waals surface area contributed by atoms with Crippen molar-refractivity contribution in [3.63, 3.8) is 0 Å². The minimum Gasteiger partial charge on any atom is -0.390 e. The number of anilines is 2. The number of aromatic nitrogens is 4. The fourth-order valence-corrected chi connectivity index (χ4v) is 4.52. The molecule has 162 valence electrons. The minimum atomic E-state index is -0.538. The van der Waals surface area contributed by atoms with Gasteiger partial charge < -0.3 is 25.6 Å². The number of amides is 1. The molecule has 2 aliphatic heterocycles. The third kappa shape index (κ3) is 3.78. The van der Waals surface area contributed by atoms with E-state index in [0.717, 1.165) is 0 Å². The number of fused-ring (bicyclic) bond motifs is 1. The predicted molar refractivity (Wildman–Crippen MR) is 117 cm³/mol. The zero-order valence-corrected chi connectivity index (χ0v) is 17.5. The molecule has 2 unspecified atom stereocenters. The Balaban J connectivity index is 1.25. The first-order chi connectivity index (χ1) is 15.0. The van der Waals surface area contributed by atoms with Crippen LogP contribution in [-0.2, 0) is 0 Å². The third-order valence-electron chi connectivity index (χ3n) is 6.00. The summed E-state index contributed by atoms with van der Waals surface area (Å²) in [7, 11) is 0. The monoisotopic (exact) mass is 442 g/mol. The molecule has 2 aromatic heterocycles. The van der Waals surface area contributed by atoms with Crippen molar-refractivity contribution in [1.29, 1.82) is 0 Å². The molecule has 3 aromatic rings. The Morgan fingerprint density at radius 2 is 1.87 bits per heavy atom. The molecule has 0 aliphatic carbocycles. The Bertz CT molecular complexity index is 1100. The highest BCUT2D eigenvalue weighted by Crippen LogP contribution is 2.28. The molecule has 5 rings (SSSR count). The van der Waals surface area contributed by atoms with Crippen molar-refractivity contribution in [2.24, 2.45) is 0 Å². The Labute approximate surface area is 183 Å². The number of aromatic amines is 1. The lowest BCUT2D eigenvalue weighted by Gasteiger charge is -2.38. The number of aliphatic hydroxyl groups excluding tert-OH is 1. The van der Waals surface area contributed by atoms with Gasteiger partial charge in [0.25, 0.3) is 5.91 Å². The lowest BCUT2D eigenvalue weighted by Crippen LogP contribution is -2.54. The van der Waals surface area contributed by atoms with Gasteiger partial charge in [0.1, 0.15) is 0 Å². The van der Waals surface area contributed by atoms with Crippen LogP contribution in [0.4, 0.5) is 11.8 Å². The van der Waals surface area contributed by atoms with Gasteiger partial charge in [0, 0.05) is 49.9 Å². The lowest BCUT2D eigenvalue weighted by atomic mass is 10.1. The predicted octanol–water partition coefficient (Wildman–Crippen LogP) is 0.596. The Kier molecular flexibility index (Phi) is 5.12. The number of β-amino-alcohol motifs (C(OH)–C–C–N with tert-alkyl or cyclic N) is 1. The number of nitrogens with zero attached hydrogens (tertiary/aromatic N) is 6. The van der Waals surface area contributed by atoms with E-state index >= 15 is 0 Å². The van der Waals surface area contributed by atoms with Gasteiger partial charge >= 0.3 is 0 Å². The number of aliphatic hydroxyl groups is 1. The highest BCUT2D eigenvalue weighted by atomic mass is 35.5. The fourth-order valence-electron chi connectivity index (χ4n) is 4.39. The topological polar surface area (TPSA) is 127 Å². The van der Waals surface area contributed by atoms with Crippen molar-refractivity contribution >= 4 is 40.4 Å². The van der Waals surface area contributed by atoms with Crippen molar-refractivity contribution in [2.75, 3.05) is 49.9 Å². The molecule has 0 radical (unpaired) electrons. The second-order valence-corrected chi connectivity index (χ2v) is 8.32. The van der Waals surface area contributed by atoms with Crippen LogP contribution in [0.2, 0.25) is 5.02 Å². The Hall–Kier alpha value is -2.95. The van der Waals surface area contributed by atoms with Gasteiger partial charge in [0.15, 0.2) is 17.0 Å². The molecule has 11 heteroatoms. The minimum absolute atomic E-state index is 0.00213. The largest absolute Gasteiger partial charge is 0.390 e. The van der Waals surface area contributed by atoms with E-state index in [2.05, 4.69) is 24.8 Å². The van der Waals surface area contributed by atoms with Gasteiger partial charge in [-0.1, -0.05) is 11.6 Å². The first kappa shape index (κ1) is 20.0. The average Bonchev–Trinajstić information content (AvgIpc) is 3.40. The van der Waals surface area contributed by atoms with Crippen molar-refractivity contribution < 1.29 is 9.90 Å². The van der Waals surface area contributed by atoms with Crippen LogP contribution in [0.3, 0.4) is 0 Å². The zero-order chi connectivity index (χ0) is 21.5. The molecule has 1 amide bonds. The first-order valence-electron chi connectivity index (χ1n) is 10.2. The van der Waals surface area contributed by atoms with E-state index in [-0.39, 0.29) is 17.9 Å². The number of nitrogen functional groups attached to an aromatic ring is 1. The first-order valence-corrected chi connectivity index (χ1v) is 10.6. The number of hydrogen-bond donors (Lipinski definition) is 3. The molecule has 4 heterocycles. The van der Waals surface area contributed by atoms with Gasteiger partial charge in [-0.05, 0) is 24.3 Å². The zero-order valence-electron chi connectivity index (χ0n) is 16.8. The van der Waals surface area contributed by atoms with Gasteiger partial charge in [0.2, 0.25) is 5.95 Å². The average molecular weight is 443 g/mol. The SMILES string of the molecule is Nc1nc(N2CC(O)C(N3CCN(C(=O)c4ccc(Cl)cc4)CC3)C2)c2nc[nH]c2n1. The maximum Gasteiger partial charge on any atom is 0.253 e. The summed E-state index contributed by atoms with van der Waals surface area (Å²) in [6, 6.07) is 6.89. The van der Waals surface area contributed by atoms with Gasteiger partial charge in [-0.15, -0.1) is 0 Å². The molecular formula is C20H23ClN8O2. The summed E-state index contributed by atoms with van der Waals surface area (Å²) in [5, 5.41) is 11.4. The summed E-state index contributed by atoms with van der Waals surface area (Å²) in [5.74, 6) is 0.795. The fraction of sp³-hybridized carbons (Fsp3) is 0.400. The van der Waals surface area contributed by atoms with E-state index in [9.17, 15) is 9.90 Å². The van der Waals surface area contributed by atoms with E-state index < -0.39 is 6.10 Å². The number of piperazine rings is 1. The molecule has 2 saturated heterocycles.